The van der Waals surface area contributed by atoms with Crippen molar-refractivity contribution in [2.24, 2.45) is 0 Å². The van der Waals surface area contributed by atoms with Crippen LogP contribution in [0.25, 0.3) is 11.1 Å². The molecule has 1 N–H and O–H groups in total. The lowest BCUT2D eigenvalue weighted by atomic mass is 9.99. The number of anilines is 1. The molecule has 0 atom stereocenters. The molecule has 1 amide bonds. The monoisotopic (exact) mass is 446 g/mol. The lowest BCUT2D eigenvalue weighted by molar-refractivity contribution is -0.137. The molecule has 32 heavy (non-hydrogen) atoms. The average Bonchev–Trinajstić information content (AvgIpc) is 3.08. The Bertz CT molecular complexity index is 1130. The van der Waals surface area contributed by atoms with E-state index in [4.69, 9.17) is 9.26 Å². The highest BCUT2D eigenvalue weighted by Gasteiger charge is 2.30. The Morgan fingerprint density at radius 3 is 2.44 bits per heavy atom. The van der Waals surface area contributed by atoms with E-state index in [0.717, 1.165) is 17.7 Å². The Hall–Kier alpha value is -3.62. The first-order chi connectivity index (χ1) is 15.1. The Morgan fingerprint density at radius 1 is 1.09 bits per heavy atom. The van der Waals surface area contributed by atoms with E-state index in [1.54, 1.807) is 13.8 Å². The third-order valence-electron chi connectivity index (χ3n) is 5.01. The summed E-state index contributed by atoms with van der Waals surface area (Å²) in [4.78, 5) is 24.7. The molecule has 0 unspecified atom stereocenters. The summed E-state index contributed by atoms with van der Waals surface area (Å²) in [5, 5.41) is 6.52. The van der Waals surface area contributed by atoms with E-state index < -0.39 is 17.7 Å². The first-order valence-corrected chi connectivity index (χ1v) is 9.71. The number of aryl methyl sites for hydroxylation is 2. The summed E-state index contributed by atoms with van der Waals surface area (Å²) < 4.78 is 49.0. The van der Waals surface area contributed by atoms with Gasteiger partial charge >= 0.3 is 12.1 Å². The molecule has 0 radical (unpaired) electrons. The zero-order valence-corrected chi connectivity index (χ0v) is 17.7. The molecule has 0 aliphatic rings. The molecule has 3 rings (SSSR count). The van der Waals surface area contributed by atoms with Gasteiger partial charge in [-0.15, -0.1) is 0 Å². The van der Waals surface area contributed by atoms with Crippen LogP contribution in [0.15, 0.2) is 47.0 Å². The maximum atomic E-state index is 13.0. The van der Waals surface area contributed by atoms with E-state index in [9.17, 15) is 22.8 Å². The number of carbonyl (C=O) groups is 2. The second-order valence-corrected chi connectivity index (χ2v) is 7.18. The van der Waals surface area contributed by atoms with Crippen molar-refractivity contribution in [3.05, 3.63) is 70.6 Å². The van der Waals surface area contributed by atoms with Gasteiger partial charge in [-0.3, -0.25) is 4.79 Å². The molecule has 3 aromatic rings. The van der Waals surface area contributed by atoms with Gasteiger partial charge in [0.2, 0.25) is 5.91 Å². The van der Waals surface area contributed by atoms with Crippen LogP contribution in [-0.2, 0) is 22.1 Å². The number of nitrogens with zero attached hydrogens (tertiary/aromatic N) is 1. The number of nitrogens with one attached hydrogen (secondary N) is 1. The summed E-state index contributed by atoms with van der Waals surface area (Å²) in [5.74, 6) is -0.433. The fourth-order valence-electron chi connectivity index (χ4n) is 3.30. The van der Waals surface area contributed by atoms with E-state index in [0.29, 0.717) is 23.4 Å². The highest BCUT2D eigenvalue weighted by molar-refractivity contribution is 6.02. The quantitative estimate of drug-likeness (QED) is 0.517. The Kier molecular flexibility index (Phi) is 6.67. The SMILES string of the molecule is COC(=O)c1cc(-c2cccc(C(F)(F)F)c2)ccc1NC(=O)CCc1c(C)noc1C. The summed E-state index contributed by atoms with van der Waals surface area (Å²) in [5.41, 5.74) is 1.64. The molecule has 2 aromatic carbocycles. The lowest BCUT2D eigenvalue weighted by Gasteiger charge is -2.13. The van der Waals surface area contributed by atoms with Crippen molar-refractivity contribution in [1.82, 2.24) is 5.16 Å². The number of esters is 1. The van der Waals surface area contributed by atoms with Crippen LogP contribution >= 0.6 is 0 Å². The number of rotatable bonds is 6. The van der Waals surface area contributed by atoms with E-state index in [-0.39, 0.29) is 29.1 Å². The first kappa shape index (κ1) is 23.1. The number of aromatic nitrogens is 1. The summed E-state index contributed by atoms with van der Waals surface area (Å²) in [6, 6.07) is 9.16. The second-order valence-electron chi connectivity index (χ2n) is 7.18. The normalized spacial score (nSPS) is 11.3. The fraction of sp³-hybridized carbons (Fsp3) is 0.261. The summed E-state index contributed by atoms with van der Waals surface area (Å²) in [6.07, 6.45) is -3.96. The van der Waals surface area contributed by atoms with Crippen LogP contribution in [0, 0.1) is 13.8 Å². The summed E-state index contributed by atoms with van der Waals surface area (Å²) >= 11 is 0. The maximum absolute atomic E-state index is 13.0. The number of hydrogen-bond donors (Lipinski definition) is 1. The minimum atomic E-state index is -4.49. The van der Waals surface area contributed by atoms with Crippen LogP contribution < -0.4 is 5.32 Å². The first-order valence-electron chi connectivity index (χ1n) is 9.71. The summed E-state index contributed by atoms with van der Waals surface area (Å²) in [7, 11) is 1.18. The molecule has 0 spiro atoms. The van der Waals surface area contributed by atoms with Gasteiger partial charge < -0.3 is 14.6 Å². The smallest absolute Gasteiger partial charge is 0.416 e. The summed E-state index contributed by atoms with van der Waals surface area (Å²) in [6.45, 7) is 3.54. The standard InChI is InChI=1S/C23H21F3N2O4/c1-13-18(14(2)32-28-13)8-10-21(29)27-20-9-7-16(12-19(20)22(30)31-3)15-5-4-6-17(11-15)23(24,25)26/h4-7,9,11-12H,8,10H2,1-3H3,(H,27,29). The van der Waals surface area contributed by atoms with E-state index in [1.165, 1.54) is 37.4 Å². The van der Waals surface area contributed by atoms with Gasteiger partial charge in [0.05, 0.1) is 29.6 Å². The van der Waals surface area contributed by atoms with Crippen LogP contribution in [0.4, 0.5) is 18.9 Å². The number of amides is 1. The third kappa shape index (κ3) is 5.16. The second kappa shape index (κ2) is 9.25. The zero-order valence-electron chi connectivity index (χ0n) is 17.7. The number of hydrogen-bond acceptors (Lipinski definition) is 5. The fourth-order valence-corrected chi connectivity index (χ4v) is 3.30. The zero-order chi connectivity index (χ0) is 23.5. The van der Waals surface area contributed by atoms with Crippen LogP contribution in [0.5, 0.6) is 0 Å². The molecule has 9 heteroatoms. The number of ether oxygens (including phenoxy) is 1. The molecule has 0 bridgehead atoms. The van der Waals surface area contributed by atoms with E-state index in [2.05, 4.69) is 10.5 Å². The Labute approximate surface area is 182 Å². The molecular weight excluding hydrogens is 425 g/mol. The molecule has 0 saturated heterocycles. The van der Waals surface area contributed by atoms with Gasteiger partial charge in [0.1, 0.15) is 5.76 Å². The van der Waals surface area contributed by atoms with Crippen molar-refractivity contribution >= 4 is 17.6 Å². The van der Waals surface area contributed by atoms with Crippen molar-refractivity contribution in [2.75, 3.05) is 12.4 Å². The van der Waals surface area contributed by atoms with Gasteiger partial charge in [0, 0.05) is 12.0 Å². The Morgan fingerprint density at radius 2 is 1.81 bits per heavy atom. The van der Waals surface area contributed by atoms with Gasteiger partial charge in [0.25, 0.3) is 0 Å². The molecule has 6 nitrogen and oxygen atoms in total. The van der Waals surface area contributed by atoms with Crippen LogP contribution in [0.3, 0.4) is 0 Å². The van der Waals surface area contributed by atoms with Gasteiger partial charge in [-0.05, 0) is 55.7 Å². The van der Waals surface area contributed by atoms with Gasteiger partial charge in [-0.25, -0.2) is 4.79 Å². The van der Waals surface area contributed by atoms with Crippen LogP contribution in [-0.4, -0.2) is 24.1 Å². The Balaban J connectivity index is 1.84. The predicted octanol–water partition coefficient (Wildman–Crippen LogP) is 5.34. The van der Waals surface area contributed by atoms with Crippen LogP contribution in [0.2, 0.25) is 0 Å². The molecular formula is C23H21F3N2O4. The molecule has 1 aromatic heterocycles. The van der Waals surface area contributed by atoms with Crippen molar-refractivity contribution < 1.29 is 32.0 Å². The molecule has 0 aliphatic heterocycles. The molecule has 0 aliphatic carbocycles. The number of alkyl halides is 3. The van der Waals surface area contributed by atoms with Crippen molar-refractivity contribution in [3.8, 4) is 11.1 Å². The molecule has 0 fully saturated rings. The minimum absolute atomic E-state index is 0.0353. The van der Waals surface area contributed by atoms with Gasteiger partial charge in [-0.2, -0.15) is 13.2 Å². The van der Waals surface area contributed by atoms with E-state index >= 15 is 0 Å². The highest BCUT2D eigenvalue weighted by atomic mass is 19.4. The number of halogens is 3. The average molecular weight is 446 g/mol. The highest BCUT2D eigenvalue weighted by Crippen LogP contribution is 2.33. The topological polar surface area (TPSA) is 81.4 Å². The third-order valence-corrected chi connectivity index (χ3v) is 5.01. The van der Waals surface area contributed by atoms with Gasteiger partial charge in [0.15, 0.2) is 0 Å². The predicted molar refractivity (Wildman–Crippen MR) is 111 cm³/mol. The lowest BCUT2D eigenvalue weighted by Crippen LogP contribution is -2.16. The molecule has 0 saturated carbocycles. The molecule has 168 valence electrons. The van der Waals surface area contributed by atoms with Crippen molar-refractivity contribution in [2.45, 2.75) is 32.9 Å². The number of carbonyl (C=O) groups excluding carboxylic acids is 2. The van der Waals surface area contributed by atoms with Gasteiger partial charge in [-0.1, -0.05) is 23.4 Å². The number of benzene rings is 2. The largest absolute Gasteiger partial charge is 0.465 e. The van der Waals surface area contributed by atoms with Crippen molar-refractivity contribution in [3.63, 3.8) is 0 Å². The number of methoxy groups -OCH3 is 1. The van der Waals surface area contributed by atoms with Crippen molar-refractivity contribution in [1.29, 1.82) is 0 Å². The maximum Gasteiger partial charge on any atom is 0.416 e. The minimum Gasteiger partial charge on any atom is -0.465 e. The van der Waals surface area contributed by atoms with Crippen LogP contribution in [0.1, 0.15) is 39.4 Å². The van der Waals surface area contributed by atoms with E-state index in [1.807, 2.05) is 0 Å². The molecule has 1 heterocycles.